The van der Waals surface area contributed by atoms with Crippen molar-refractivity contribution in [2.75, 3.05) is 0 Å². The summed E-state index contributed by atoms with van der Waals surface area (Å²) < 4.78 is 0. The van der Waals surface area contributed by atoms with E-state index in [9.17, 15) is 5.26 Å². The predicted molar refractivity (Wildman–Crippen MR) is 85.3 cm³/mol. The Morgan fingerprint density at radius 3 is 2.90 bits per heavy atom. The zero-order valence-corrected chi connectivity index (χ0v) is 13.4. The smallest absolute Gasteiger partial charge is 0.0700 e. The molecule has 6 unspecified atom stereocenters. The van der Waals surface area contributed by atoms with Crippen LogP contribution in [0.15, 0.2) is 23.8 Å². The van der Waals surface area contributed by atoms with Gasteiger partial charge in [-0.15, -0.1) is 0 Å². The van der Waals surface area contributed by atoms with Crippen LogP contribution < -0.4 is 0 Å². The summed E-state index contributed by atoms with van der Waals surface area (Å²) >= 11 is 0. The van der Waals surface area contributed by atoms with Crippen LogP contribution in [0.1, 0.15) is 58.8 Å². The fourth-order valence-electron chi connectivity index (χ4n) is 6.46. The highest BCUT2D eigenvalue weighted by atomic mass is 14.6. The topological polar surface area (TPSA) is 23.8 Å². The highest BCUT2D eigenvalue weighted by Crippen LogP contribution is 2.64. The van der Waals surface area contributed by atoms with Crippen molar-refractivity contribution >= 4 is 0 Å². The molecule has 112 valence electrons. The van der Waals surface area contributed by atoms with Crippen molar-refractivity contribution in [2.45, 2.75) is 58.8 Å². The van der Waals surface area contributed by atoms with E-state index in [1.807, 2.05) is 0 Å². The van der Waals surface area contributed by atoms with E-state index in [4.69, 9.17) is 0 Å². The third-order valence-electron chi connectivity index (χ3n) is 7.54. The summed E-state index contributed by atoms with van der Waals surface area (Å²) in [5.41, 5.74) is 2.27. The quantitative estimate of drug-likeness (QED) is 0.556. The van der Waals surface area contributed by atoms with Crippen LogP contribution in [0.2, 0.25) is 0 Å². The maximum atomic E-state index is 9.73. The van der Waals surface area contributed by atoms with Crippen LogP contribution in [0.25, 0.3) is 0 Å². The minimum Gasteiger partial charge on any atom is -0.198 e. The maximum absolute atomic E-state index is 9.73. The maximum Gasteiger partial charge on any atom is 0.0700 e. The van der Waals surface area contributed by atoms with E-state index < -0.39 is 0 Å². The molecule has 6 atom stereocenters. The number of nitriles is 1. The first-order valence-electron chi connectivity index (χ1n) is 8.86. The molecule has 4 aliphatic carbocycles. The minimum absolute atomic E-state index is 0.194. The fraction of sp³-hybridized carbons (Fsp3) is 0.750. The van der Waals surface area contributed by atoms with Crippen LogP contribution >= 0.6 is 0 Å². The van der Waals surface area contributed by atoms with Crippen molar-refractivity contribution < 1.29 is 0 Å². The van der Waals surface area contributed by atoms with Crippen LogP contribution in [-0.4, -0.2) is 0 Å². The molecule has 0 N–H and O–H groups in total. The summed E-state index contributed by atoms with van der Waals surface area (Å²) in [6.07, 6.45) is 16.3. The summed E-state index contributed by atoms with van der Waals surface area (Å²) in [6, 6.07) is 2.67. The molecule has 0 aliphatic heterocycles. The number of rotatable bonds is 0. The highest BCUT2D eigenvalue weighted by Gasteiger charge is 2.56. The lowest BCUT2D eigenvalue weighted by atomic mass is 9.46. The Hall–Kier alpha value is -1.03. The van der Waals surface area contributed by atoms with E-state index in [0.717, 1.165) is 24.2 Å². The van der Waals surface area contributed by atoms with Crippen molar-refractivity contribution in [3.05, 3.63) is 23.8 Å². The molecule has 0 spiro atoms. The molecule has 0 aromatic heterocycles. The van der Waals surface area contributed by atoms with Gasteiger partial charge in [0.2, 0.25) is 0 Å². The average molecular weight is 281 g/mol. The largest absolute Gasteiger partial charge is 0.198 e. The van der Waals surface area contributed by atoms with Gasteiger partial charge in [0, 0.05) is 0 Å². The fourth-order valence-corrected chi connectivity index (χ4v) is 6.46. The molecule has 4 rings (SSSR count). The van der Waals surface area contributed by atoms with E-state index in [0.29, 0.717) is 10.8 Å². The lowest BCUT2D eigenvalue weighted by Crippen LogP contribution is -2.51. The predicted octanol–water partition coefficient (Wildman–Crippen LogP) is 5.26. The second kappa shape index (κ2) is 4.48. The molecule has 1 nitrogen and oxygen atoms in total. The Morgan fingerprint density at radius 1 is 1.24 bits per heavy atom. The molecule has 0 heterocycles. The molecular weight excluding hydrogens is 254 g/mol. The molecule has 0 amide bonds. The van der Waals surface area contributed by atoms with Crippen LogP contribution in [0.5, 0.6) is 0 Å². The molecule has 2 fully saturated rings. The SMILES string of the molecule is CC12C=CCC1C1CC(C#N)C3=CCCCC3(C)C1CC2. The summed E-state index contributed by atoms with van der Waals surface area (Å²) in [5.74, 6) is 2.59. The first kappa shape index (κ1) is 13.6. The van der Waals surface area contributed by atoms with Crippen LogP contribution in [0.4, 0.5) is 0 Å². The zero-order chi connectivity index (χ0) is 14.7. The number of hydrogen-bond donors (Lipinski definition) is 0. The zero-order valence-electron chi connectivity index (χ0n) is 13.4. The van der Waals surface area contributed by atoms with Gasteiger partial charge in [-0.25, -0.2) is 0 Å². The Bertz CT molecular complexity index is 551. The Morgan fingerprint density at radius 2 is 2.10 bits per heavy atom. The Labute approximate surface area is 129 Å². The summed E-state index contributed by atoms with van der Waals surface area (Å²) in [7, 11) is 0. The van der Waals surface area contributed by atoms with Crippen molar-refractivity contribution in [3.63, 3.8) is 0 Å². The molecular formula is C20H27N. The van der Waals surface area contributed by atoms with E-state index in [1.54, 1.807) is 0 Å². The lowest BCUT2D eigenvalue weighted by Gasteiger charge is -2.58. The number of allylic oxidation sites excluding steroid dienone is 4. The molecule has 2 saturated carbocycles. The Kier molecular flexibility index (Phi) is 2.91. The number of hydrogen-bond acceptors (Lipinski definition) is 1. The van der Waals surface area contributed by atoms with Gasteiger partial charge >= 0.3 is 0 Å². The Balaban J connectivity index is 1.75. The first-order valence-corrected chi connectivity index (χ1v) is 8.86. The van der Waals surface area contributed by atoms with E-state index in [1.165, 1.54) is 44.1 Å². The van der Waals surface area contributed by atoms with E-state index >= 15 is 0 Å². The van der Waals surface area contributed by atoms with Gasteiger partial charge in [0.15, 0.2) is 0 Å². The molecule has 0 bridgehead atoms. The van der Waals surface area contributed by atoms with Crippen LogP contribution in [0, 0.1) is 45.8 Å². The molecule has 21 heavy (non-hydrogen) atoms. The number of fused-ring (bicyclic) bond motifs is 5. The lowest BCUT2D eigenvalue weighted by molar-refractivity contribution is -0.0334. The van der Waals surface area contributed by atoms with Crippen molar-refractivity contribution in [1.82, 2.24) is 0 Å². The van der Waals surface area contributed by atoms with Gasteiger partial charge < -0.3 is 0 Å². The van der Waals surface area contributed by atoms with Crippen molar-refractivity contribution in [1.29, 1.82) is 5.26 Å². The highest BCUT2D eigenvalue weighted by molar-refractivity contribution is 5.31. The second-order valence-corrected chi connectivity index (χ2v) is 8.45. The molecule has 0 aromatic carbocycles. The summed E-state index contributed by atoms with van der Waals surface area (Å²) in [4.78, 5) is 0. The van der Waals surface area contributed by atoms with Gasteiger partial charge in [0.25, 0.3) is 0 Å². The number of nitrogens with zero attached hydrogens (tertiary/aromatic N) is 1. The van der Waals surface area contributed by atoms with Crippen LogP contribution in [-0.2, 0) is 0 Å². The first-order chi connectivity index (χ1) is 10.1. The third-order valence-corrected chi connectivity index (χ3v) is 7.54. The monoisotopic (exact) mass is 281 g/mol. The molecule has 4 aliphatic rings. The van der Waals surface area contributed by atoms with Gasteiger partial charge in [-0.2, -0.15) is 5.26 Å². The van der Waals surface area contributed by atoms with Gasteiger partial charge in [-0.1, -0.05) is 37.6 Å². The van der Waals surface area contributed by atoms with Crippen LogP contribution in [0.3, 0.4) is 0 Å². The standard InChI is InChI=1S/C20H27N/c1-19-9-5-7-17(19)15-12-14(13-21)16-6-3-4-10-20(16,2)18(15)8-11-19/h5-6,9,14-15,17-18H,3-4,7-8,10-12H2,1-2H3. The third kappa shape index (κ3) is 1.74. The minimum atomic E-state index is 0.194. The molecule has 0 radical (unpaired) electrons. The van der Waals surface area contributed by atoms with Gasteiger partial charge in [-0.3, -0.25) is 0 Å². The van der Waals surface area contributed by atoms with E-state index in [2.05, 4.69) is 38.1 Å². The van der Waals surface area contributed by atoms with E-state index in [-0.39, 0.29) is 5.92 Å². The average Bonchev–Trinajstić information content (AvgIpc) is 2.87. The summed E-state index contributed by atoms with van der Waals surface area (Å²) in [5, 5.41) is 9.73. The molecule has 0 aromatic rings. The van der Waals surface area contributed by atoms with Crippen molar-refractivity contribution in [2.24, 2.45) is 34.5 Å². The van der Waals surface area contributed by atoms with Gasteiger partial charge in [-0.05, 0) is 73.5 Å². The molecule has 1 heteroatoms. The van der Waals surface area contributed by atoms with Gasteiger partial charge in [0.05, 0.1) is 12.0 Å². The summed E-state index contributed by atoms with van der Waals surface area (Å²) in [6.45, 7) is 4.96. The normalized spacial score (nSPS) is 51.4. The van der Waals surface area contributed by atoms with Gasteiger partial charge in [0.1, 0.15) is 0 Å². The van der Waals surface area contributed by atoms with Crippen molar-refractivity contribution in [3.8, 4) is 6.07 Å². The second-order valence-electron chi connectivity index (χ2n) is 8.45. The molecule has 0 saturated heterocycles.